The van der Waals surface area contributed by atoms with Gasteiger partial charge >= 0.3 is 0 Å². The van der Waals surface area contributed by atoms with Gasteiger partial charge in [0.25, 0.3) is 0 Å². The number of rotatable bonds is 8. The van der Waals surface area contributed by atoms with E-state index in [9.17, 15) is 14.7 Å². The molecule has 0 fully saturated rings. The van der Waals surface area contributed by atoms with E-state index < -0.39 is 11.2 Å². The van der Waals surface area contributed by atoms with Gasteiger partial charge in [0.1, 0.15) is 0 Å². The molecule has 0 aromatic heterocycles. The summed E-state index contributed by atoms with van der Waals surface area (Å²) < 4.78 is 0. The van der Waals surface area contributed by atoms with Crippen LogP contribution in [0.15, 0.2) is 30.3 Å². The van der Waals surface area contributed by atoms with Crippen molar-refractivity contribution in [2.45, 2.75) is 38.0 Å². The Kier molecular flexibility index (Phi) is 7.15. The van der Waals surface area contributed by atoms with Crippen molar-refractivity contribution in [2.24, 2.45) is 0 Å². The Balaban J connectivity index is 2.23. The smallest absolute Gasteiger partial charge is 0.230 e. The third-order valence-corrected chi connectivity index (χ3v) is 4.03. The van der Waals surface area contributed by atoms with Crippen molar-refractivity contribution in [2.75, 3.05) is 5.75 Å². The number of carbonyl (C=O) groups is 2. The molecule has 0 saturated heterocycles. The van der Waals surface area contributed by atoms with Crippen LogP contribution in [-0.2, 0) is 16.0 Å². The first-order chi connectivity index (χ1) is 9.49. The summed E-state index contributed by atoms with van der Waals surface area (Å²) in [5, 5.41) is 12.7. The van der Waals surface area contributed by atoms with Crippen LogP contribution in [0.5, 0.6) is 0 Å². The van der Waals surface area contributed by atoms with E-state index in [1.807, 2.05) is 25.1 Å². The van der Waals surface area contributed by atoms with Crippen molar-refractivity contribution in [1.82, 2.24) is 5.32 Å². The molecule has 1 aromatic rings. The van der Waals surface area contributed by atoms with Crippen molar-refractivity contribution >= 4 is 23.6 Å². The second kappa shape index (κ2) is 8.64. The number of carboxylic acid groups (broad SMARTS) is 1. The molecule has 5 heteroatoms. The van der Waals surface area contributed by atoms with Gasteiger partial charge in [-0.15, -0.1) is 11.8 Å². The number of hydrogen-bond donors (Lipinski definition) is 1. The molecule has 0 radical (unpaired) electrons. The molecule has 0 aliphatic carbocycles. The average molecular weight is 294 g/mol. The van der Waals surface area contributed by atoms with Gasteiger partial charge in [-0.2, -0.15) is 0 Å². The van der Waals surface area contributed by atoms with Crippen molar-refractivity contribution in [3.63, 3.8) is 0 Å². The normalized spacial score (nSPS) is 13.5. The van der Waals surface area contributed by atoms with Crippen LogP contribution in [0.2, 0.25) is 0 Å². The molecular weight excluding hydrogens is 274 g/mol. The minimum Gasteiger partial charge on any atom is -0.549 e. The highest BCUT2D eigenvalue weighted by atomic mass is 32.2. The molecule has 20 heavy (non-hydrogen) atoms. The van der Waals surface area contributed by atoms with E-state index >= 15 is 0 Å². The number of amides is 1. The Morgan fingerprint density at radius 2 is 1.90 bits per heavy atom. The Morgan fingerprint density at radius 3 is 2.50 bits per heavy atom. The maximum atomic E-state index is 11.6. The van der Waals surface area contributed by atoms with Crippen LogP contribution in [-0.4, -0.2) is 28.9 Å². The van der Waals surface area contributed by atoms with E-state index in [0.717, 1.165) is 24.6 Å². The number of carboxylic acids is 1. The second-order valence-electron chi connectivity index (χ2n) is 4.77. The number of nitrogens with one attached hydrogen (secondary N) is 1. The zero-order chi connectivity index (χ0) is 15.0. The molecule has 4 nitrogen and oxygen atoms in total. The highest BCUT2D eigenvalue weighted by molar-refractivity contribution is 8.01. The standard InChI is InChI=1S/C15H21NO3S/c1-11(8-9-13-6-4-3-5-7-13)16-14(17)10-20-12(2)15(18)19/h3-7,11-12H,8-10H2,1-2H3,(H,16,17)(H,18,19)/p-1/t11-,12-/m1/s1. The summed E-state index contributed by atoms with van der Waals surface area (Å²) in [7, 11) is 0. The van der Waals surface area contributed by atoms with Crippen LogP contribution in [0, 0.1) is 0 Å². The highest BCUT2D eigenvalue weighted by Crippen LogP contribution is 2.09. The van der Waals surface area contributed by atoms with Gasteiger partial charge in [0.05, 0.1) is 11.7 Å². The monoisotopic (exact) mass is 294 g/mol. The van der Waals surface area contributed by atoms with Crippen molar-refractivity contribution < 1.29 is 14.7 Å². The molecular formula is C15H20NO3S-. The summed E-state index contributed by atoms with van der Waals surface area (Å²) in [4.78, 5) is 22.2. The molecule has 1 aromatic carbocycles. The molecule has 0 saturated carbocycles. The summed E-state index contributed by atoms with van der Waals surface area (Å²) in [5.41, 5.74) is 1.24. The van der Waals surface area contributed by atoms with E-state index in [1.165, 1.54) is 12.5 Å². The summed E-state index contributed by atoms with van der Waals surface area (Å²) in [6.45, 7) is 3.47. The number of benzene rings is 1. The van der Waals surface area contributed by atoms with Gasteiger partial charge in [-0.05, 0) is 32.3 Å². The SMILES string of the molecule is C[C@H](CCc1ccccc1)NC(=O)CS[C@H](C)C(=O)[O-]. The molecule has 0 bridgehead atoms. The summed E-state index contributed by atoms with van der Waals surface area (Å²) in [5.74, 6) is -1.13. The summed E-state index contributed by atoms with van der Waals surface area (Å²) >= 11 is 1.07. The Morgan fingerprint density at radius 1 is 1.25 bits per heavy atom. The molecule has 0 heterocycles. The van der Waals surface area contributed by atoms with Crippen molar-refractivity contribution in [3.8, 4) is 0 Å². The van der Waals surface area contributed by atoms with Crippen molar-refractivity contribution in [3.05, 3.63) is 35.9 Å². The van der Waals surface area contributed by atoms with E-state index in [4.69, 9.17) is 0 Å². The molecule has 0 aliphatic heterocycles. The van der Waals surface area contributed by atoms with Gasteiger partial charge in [-0.25, -0.2) is 0 Å². The summed E-state index contributed by atoms with van der Waals surface area (Å²) in [6.07, 6.45) is 1.77. The lowest BCUT2D eigenvalue weighted by Gasteiger charge is -2.15. The number of aryl methyl sites for hydroxylation is 1. The average Bonchev–Trinajstić information content (AvgIpc) is 2.43. The van der Waals surface area contributed by atoms with Crippen LogP contribution < -0.4 is 10.4 Å². The van der Waals surface area contributed by atoms with Gasteiger partial charge in [0.2, 0.25) is 5.91 Å². The van der Waals surface area contributed by atoms with Crippen molar-refractivity contribution in [1.29, 1.82) is 0 Å². The predicted octanol–water partition coefficient (Wildman–Crippen LogP) is 0.996. The van der Waals surface area contributed by atoms with Gasteiger partial charge in [0.15, 0.2) is 0 Å². The Labute approximate surface area is 124 Å². The third kappa shape index (κ3) is 6.61. The van der Waals surface area contributed by atoms with Crippen LogP contribution in [0.1, 0.15) is 25.8 Å². The zero-order valence-corrected chi connectivity index (χ0v) is 12.6. The first kappa shape index (κ1) is 16.6. The molecule has 1 N–H and O–H groups in total. The fourth-order valence-corrected chi connectivity index (χ4v) is 2.31. The van der Waals surface area contributed by atoms with Gasteiger partial charge in [0, 0.05) is 11.3 Å². The number of carbonyl (C=O) groups excluding carboxylic acids is 2. The molecule has 1 amide bonds. The topological polar surface area (TPSA) is 69.2 Å². The van der Waals surface area contributed by atoms with Gasteiger partial charge < -0.3 is 15.2 Å². The fourth-order valence-electron chi connectivity index (χ4n) is 1.69. The predicted molar refractivity (Wildman–Crippen MR) is 79.3 cm³/mol. The molecule has 0 spiro atoms. The fraction of sp³-hybridized carbons (Fsp3) is 0.467. The van der Waals surface area contributed by atoms with Crippen LogP contribution in [0.4, 0.5) is 0 Å². The lowest BCUT2D eigenvalue weighted by molar-refractivity contribution is -0.304. The van der Waals surface area contributed by atoms with Crippen LogP contribution in [0.3, 0.4) is 0 Å². The van der Waals surface area contributed by atoms with Crippen LogP contribution in [0.25, 0.3) is 0 Å². The lowest BCUT2D eigenvalue weighted by atomic mass is 10.1. The van der Waals surface area contributed by atoms with E-state index in [1.54, 1.807) is 0 Å². The number of aliphatic carboxylic acids is 1. The van der Waals surface area contributed by atoms with E-state index in [-0.39, 0.29) is 17.7 Å². The largest absolute Gasteiger partial charge is 0.549 e. The molecule has 1 rings (SSSR count). The number of thioether (sulfide) groups is 1. The first-order valence-electron chi connectivity index (χ1n) is 6.64. The van der Waals surface area contributed by atoms with E-state index in [0.29, 0.717) is 0 Å². The Hall–Kier alpha value is -1.49. The molecule has 0 aliphatic rings. The van der Waals surface area contributed by atoms with Gasteiger partial charge in [-0.3, -0.25) is 4.79 Å². The summed E-state index contributed by atoms with van der Waals surface area (Å²) in [6, 6.07) is 10.2. The van der Waals surface area contributed by atoms with Gasteiger partial charge in [-0.1, -0.05) is 30.3 Å². The Bertz CT molecular complexity index is 436. The lowest BCUT2D eigenvalue weighted by Crippen LogP contribution is -2.36. The minimum absolute atomic E-state index is 0.0709. The maximum Gasteiger partial charge on any atom is 0.230 e. The quantitative estimate of drug-likeness (QED) is 0.776. The molecule has 2 atom stereocenters. The third-order valence-electron chi connectivity index (χ3n) is 2.91. The highest BCUT2D eigenvalue weighted by Gasteiger charge is 2.10. The number of hydrogen-bond acceptors (Lipinski definition) is 4. The van der Waals surface area contributed by atoms with Crippen LogP contribution >= 0.6 is 11.8 Å². The van der Waals surface area contributed by atoms with E-state index in [2.05, 4.69) is 17.4 Å². The maximum absolute atomic E-state index is 11.6. The molecule has 0 unspecified atom stereocenters. The molecule has 110 valence electrons. The second-order valence-corrected chi connectivity index (χ2v) is 6.09. The zero-order valence-electron chi connectivity index (χ0n) is 11.8. The minimum atomic E-state index is -1.14. The first-order valence-corrected chi connectivity index (χ1v) is 7.69.